The lowest BCUT2D eigenvalue weighted by Gasteiger charge is -2.20. The Hall–Kier alpha value is -2.19. The molecule has 8 nitrogen and oxygen atoms in total. The van der Waals surface area contributed by atoms with E-state index in [4.69, 9.17) is 5.11 Å². The zero-order valence-corrected chi connectivity index (χ0v) is 14.3. The van der Waals surface area contributed by atoms with E-state index in [1.807, 2.05) is 16.5 Å². The SMILES string of the molecule is Cc1[nH]nc(C2CC2)c1C(=O)N1CCCn2nc([C@H](O)CO)cc2C1. The number of aromatic amines is 1. The second-order valence-electron chi connectivity index (χ2n) is 6.95. The third-order valence-corrected chi connectivity index (χ3v) is 4.99. The lowest BCUT2D eigenvalue weighted by molar-refractivity contribution is 0.0743. The second-order valence-corrected chi connectivity index (χ2v) is 6.95. The summed E-state index contributed by atoms with van der Waals surface area (Å²) in [6.07, 6.45) is 2.01. The van der Waals surface area contributed by atoms with Gasteiger partial charge in [-0.25, -0.2) is 0 Å². The molecule has 1 fully saturated rings. The highest BCUT2D eigenvalue weighted by Crippen LogP contribution is 2.41. The van der Waals surface area contributed by atoms with Gasteiger partial charge in [-0.1, -0.05) is 0 Å². The molecule has 1 aliphatic carbocycles. The Balaban J connectivity index is 1.60. The highest BCUT2D eigenvalue weighted by molar-refractivity contribution is 5.96. The van der Waals surface area contributed by atoms with E-state index in [1.165, 1.54) is 0 Å². The van der Waals surface area contributed by atoms with Gasteiger partial charge in [0.2, 0.25) is 0 Å². The minimum atomic E-state index is -0.985. The van der Waals surface area contributed by atoms with Gasteiger partial charge in [-0.05, 0) is 32.3 Å². The number of nitrogens with zero attached hydrogens (tertiary/aromatic N) is 4. The maximum absolute atomic E-state index is 13.1. The number of carbonyl (C=O) groups excluding carboxylic acids is 1. The first-order valence-corrected chi connectivity index (χ1v) is 8.78. The van der Waals surface area contributed by atoms with E-state index in [9.17, 15) is 9.90 Å². The Morgan fingerprint density at radius 2 is 2.24 bits per heavy atom. The number of aliphatic hydroxyl groups excluding tert-OH is 2. The van der Waals surface area contributed by atoms with Crippen LogP contribution in [-0.2, 0) is 13.1 Å². The Morgan fingerprint density at radius 1 is 1.44 bits per heavy atom. The number of rotatable bonds is 4. The molecule has 0 aromatic carbocycles. The van der Waals surface area contributed by atoms with Crippen molar-refractivity contribution in [1.29, 1.82) is 0 Å². The van der Waals surface area contributed by atoms with Crippen molar-refractivity contribution < 1.29 is 15.0 Å². The molecule has 134 valence electrons. The van der Waals surface area contributed by atoms with Crippen LogP contribution in [-0.4, -0.2) is 54.1 Å². The van der Waals surface area contributed by atoms with E-state index in [-0.39, 0.29) is 12.5 Å². The molecule has 2 aliphatic rings. The van der Waals surface area contributed by atoms with Crippen molar-refractivity contribution >= 4 is 5.91 Å². The smallest absolute Gasteiger partial charge is 0.257 e. The maximum atomic E-state index is 13.1. The minimum Gasteiger partial charge on any atom is -0.393 e. The summed E-state index contributed by atoms with van der Waals surface area (Å²) in [5.41, 5.74) is 3.76. The Bertz CT molecular complexity index is 792. The molecule has 1 aliphatic heterocycles. The summed E-state index contributed by atoms with van der Waals surface area (Å²) in [5.74, 6) is 0.416. The third-order valence-electron chi connectivity index (χ3n) is 4.99. The molecule has 0 radical (unpaired) electrons. The van der Waals surface area contributed by atoms with Crippen LogP contribution in [0.5, 0.6) is 0 Å². The quantitative estimate of drug-likeness (QED) is 0.762. The molecule has 2 aromatic rings. The number of aliphatic hydroxyl groups is 2. The van der Waals surface area contributed by atoms with Gasteiger partial charge in [-0.3, -0.25) is 14.6 Å². The molecule has 0 bridgehead atoms. The van der Waals surface area contributed by atoms with Gasteiger partial charge in [0.05, 0.1) is 35.8 Å². The van der Waals surface area contributed by atoms with Gasteiger partial charge in [0, 0.05) is 24.7 Å². The number of fused-ring (bicyclic) bond motifs is 1. The van der Waals surface area contributed by atoms with Crippen LogP contribution in [0.25, 0.3) is 0 Å². The molecule has 1 saturated carbocycles. The third kappa shape index (κ3) is 2.96. The van der Waals surface area contributed by atoms with Crippen molar-refractivity contribution in [3.8, 4) is 0 Å². The summed E-state index contributed by atoms with van der Waals surface area (Å²) < 4.78 is 1.82. The normalized spacial score (nSPS) is 18.8. The van der Waals surface area contributed by atoms with Gasteiger partial charge in [0.25, 0.3) is 5.91 Å². The fourth-order valence-electron chi connectivity index (χ4n) is 3.44. The average Bonchev–Trinajstić information content (AvgIpc) is 3.32. The standard InChI is InChI=1S/C17H23N5O3/c1-10-15(16(19-18-10)11-3-4-11)17(25)21-5-2-6-22-12(8-21)7-13(20-22)14(24)9-23/h7,11,14,23-24H,2-6,8-9H2,1H3,(H,18,19)/t14-/m1/s1. The number of aryl methyl sites for hydroxylation is 2. The molecule has 8 heteroatoms. The first-order chi connectivity index (χ1) is 12.1. The summed E-state index contributed by atoms with van der Waals surface area (Å²) in [6.45, 7) is 3.33. The molecule has 2 aromatic heterocycles. The molecule has 3 N–H and O–H groups in total. The summed E-state index contributed by atoms with van der Waals surface area (Å²) in [4.78, 5) is 15.0. The fraction of sp³-hybridized carbons (Fsp3) is 0.588. The molecule has 4 rings (SSSR count). The van der Waals surface area contributed by atoms with Crippen LogP contribution in [0.15, 0.2) is 6.07 Å². The van der Waals surface area contributed by atoms with Gasteiger partial charge >= 0.3 is 0 Å². The molecule has 0 unspecified atom stereocenters. The number of aromatic nitrogens is 4. The molecular formula is C17H23N5O3. The predicted octanol–water partition coefficient (Wildman–Crippen LogP) is 0.864. The monoisotopic (exact) mass is 345 g/mol. The zero-order valence-electron chi connectivity index (χ0n) is 14.3. The van der Waals surface area contributed by atoms with E-state index < -0.39 is 6.10 Å². The average molecular weight is 345 g/mol. The van der Waals surface area contributed by atoms with Crippen molar-refractivity contribution in [2.75, 3.05) is 13.2 Å². The van der Waals surface area contributed by atoms with Crippen LogP contribution in [0, 0.1) is 6.92 Å². The molecule has 0 spiro atoms. The minimum absolute atomic E-state index is 0.00653. The van der Waals surface area contributed by atoms with Gasteiger partial charge in [-0.15, -0.1) is 0 Å². The molecular weight excluding hydrogens is 322 g/mol. The number of nitrogens with one attached hydrogen (secondary N) is 1. The second kappa shape index (κ2) is 6.27. The lowest BCUT2D eigenvalue weighted by atomic mass is 10.1. The number of hydrogen-bond donors (Lipinski definition) is 3. The molecule has 25 heavy (non-hydrogen) atoms. The van der Waals surface area contributed by atoms with E-state index >= 15 is 0 Å². The van der Waals surface area contributed by atoms with Crippen LogP contribution in [0.4, 0.5) is 0 Å². The molecule has 1 atom stereocenters. The highest BCUT2D eigenvalue weighted by Gasteiger charge is 2.34. The van der Waals surface area contributed by atoms with Crippen LogP contribution in [0.3, 0.4) is 0 Å². The fourth-order valence-corrected chi connectivity index (χ4v) is 3.44. The molecule has 0 saturated heterocycles. The van der Waals surface area contributed by atoms with E-state index in [0.717, 1.165) is 36.3 Å². The Labute approximate surface area is 145 Å². The van der Waals surface area contributed by atoms with E-state index in [2.05, 4.69) is 15.3 Å². The summed E-state index contributed by atoms with van der Waals surface area (Å²) >= 11 is 0. The first kappa shape index (κ1) is 16.3. The van der Waals surface area contributed by atoms with Crippen LogP contribution in [0.1, 0.15) is 64.4 Å². The van der Waals surface area contributed by atoms with Crippen molar-refractivity contribution in [1.82, 2.24) is 24.9 Å². The van der Waals surface area contributed by atoms with Crippen molar-refractivity contribution in [2.24, 2.45) is 0 Å². The number of carbonyl (C=O) groups is 1. The number of amides is 1. The largest absolute Gasteiger partial charge is 0.393 e. The summed E-state index contributed by atoms with van der Waals surface area (Å²) in [5, 5.41) is 30.6. The van der Waals surface area contributed by atoms with Gasteiger partial charge in [0.1, 0.15) is 6.10 Å². The van der Waals surface area contributed by atoms with Gasteiger partial charge < -0.3 is 15.1 Å². The Morgan fingerprint density at radius 3 is 2.96 bits per heavy atom. The van der Waals surface area contributed by atoms with Gasteiger partial charge in [-0.2, -0.15) is 10.2 Å². The van der Waals surface area contributed by atoms with Crippen molar-refractivity contribution in [3.05, 3.63) is 34.4 Å². The van der Waals surface area contributed by atoms with Crippen molar-refractivity contribution in [2.45, 2.75) is 51.3 Å². The predicted molar refractivity (Wildman–Crippen MR) is 88.9 cm³/mol. The molecule has 1 amide bonds. The zero-order chi connectivity index (χ0) is 17.6. The Kier molecular flexibility index (Phi) is 4.09. The maximum Gasteiger partial charge on any atom is 0.257 e. The lowest BCUT2D eigenvalue weighted by Crippen LogP contribution is -2.31. The van der Waals surface area contributed by atoms with E-state index in [0.29, 0.717) is 36.8 Å². The highest BCUT2D eigenvalue weighted by atomic mass is 16.3. The molecule has 3 heterocycles. The van der Waals surface area contributed by atoms with E-state index in [1.54, 1.807) is 6.07 Å². The number of hydrogen-bond acceptors (Lipinski definition) is 5. The van der Waals surface area contributed by atoms with Gasteiger partial charge in [0.15, 0.2) is 0 Å². The van der Waals surface area contributed by atoms with Crippen LogP contribution < -0.4 is 0 Å². The summed E-state index contributed by atoms with van der Waals surface area (Å²) in [7, 11) is 0. The van der Waals surface area contributed by atoms with Crippen LogP contribution in [0.2, 0.25) is 0 Å². The topological polar surface area (TPSA) is 107 Å². The number of H-pyrrole nitrogens is 1. The summed E-state index contributed by atoms with van der Waals surface area (Å²) in [6, 6.07) is 1.77. The van der Waals surface area contributed by atoms with Crippen molar-refractivity contribution in [3.63, 3.8) is 0 Å². The first-order valence-electron chi connectivity index (χ1n) is 8.78. The van der Waals surface area contributed by atoms with Crippen LogP contribution >= 0.6 is 0 Å².